The molecule has 0 aliphatic carbocycles. The lowest BCUT2D eigenvalue weighted by Crippen LogP contribution is -2.04. The second-order valence-electron chi connectivity index (χ2n) is 5.01. The predicted molar refractivity (Wildman–Crippen MR) is 75.5 cm³/mol. The van der Waals surface area contributed by atoms with Crippen molar-refractivity contribution in [1.82, 2.24) is 0 Å². The molecule has 0 saturated heterocycles. The average Bonchev–Trinajstić information content (AvgIpc) is 2.87. The molecule has 0 N–H and O–H groups in total. The maximum atomic E-state index is 13.8. The zero-order valence-electron chi connectivity index (χ0n) is 11.5. The summed E-state index contributed by atoms with van der Waals surface area (Å²) in [7, 11) is 0. The van der Waals surface area contributed by atoms with Crippen LogP contribution in [-0.4, -0.2) is 5.78 Å². The van der Waals surface area contributed by atoms with Gasteiger partial charge in [-0.3, -0.25) is 4.79 Å². The number of hydrogen-bond acceptors (Lipinski definition) is 2. The normalized spacial score (nSPS) is 11.0. The van der Waals surface area contributed by atoms with Gasteiger partial charge in [0, 0.05) is 11.5 Å². The van der Waals surface area contributed by atoms with E-state index in [1.165, 1.54) is 13.0 Å². The number of hydrogen-bond donors (Lipinski definition) is 0. The standard InChI is InChI=1S/C17H12F2O2/c1-9-4-3-5-11-7-15(21-17(9)11)16(20)12-6-10(2)13(18)8-14(12)19/h3-8H,1-2H3. The van der Waals surface area contributed by atoms with Gasteiger partial charge in [-0.2, -0.15) is 0 Å². The highest BCUT2D eigenvalue weighted by atomic mass is 19.1. The van der Waals surface area contributed by atoms with E-state index in [0.29, 0.717) is 5.58 Å². The summed E-state index contributed by atoms with van der Waals surface area (Å²) in [5.41, 5.74) is 1.51. The summed E-state index contributed by atoms with van der Waals surface area (Å²) in [6.07, 6.45) is 0. The molecule has 2 aromatic carbocycles. The van der Waals surface area contributed by atoms with Crippen molar-refractivity contribution in [1.29, 1.82) is 0 Å². The van der Waals surface area contributed by atoms with Crippen molar-refractivity contribution in [2.75, 3.05) is 0 Å². The molecule has 0 saturated carbocycles. The van der Waals surface area contributed by atoms with Gasteiger partial charge in [0.25, 0.3) is 0 Å². The topological polar surface area (TPSA) is 30.2 Å². The number of ketones is 1. The molecule has 1 heterocycles. The minimum absolute atomic E-state index is 0.0456. The zero-order valence-corrected chi connectivity index (χ0v) is 11.5. The van der Waals surface area contributed by atoms with Gasteiger partial charge in [-0.25, -0.2) is 8.78 Å². The van der Waals surface area contributed by atoms with Crippen LogP contribution < -0.4 is 0 Å². The van der Waals surface area contributed by atoms with Crippen LogP contribution in [0.4, 0.5) is 8.78 Å². The minimum atomic E-state index is -0.889. The van der Waals surface area contributed by atoms with Crippen molar-refractivity contribution in [3.63, 3.8) is 0 Å². The number of carbonyl (C=O) groups is 1. The Morgan fingerprint density at radius 1 is 1.00 bits per heavy atom. The number of fused-ring (bicyclic) bond motifs is 1. The molecule has 21 heavy (non-hydrogen) atoms. The molecule has 0 unspecified atom stereocenters. The molecule has 1 aromatic heterocycles. The summed E-state index contributed by atoms with van der Waals surface area (Å²) < 4.78 is 32.6. The summed E-state index contributed by atoms with van der Waals surface area (Å²) in [6, 6.07) is 9.02. The number of furan rings is 1. The van der Waals surface area contributed by atoms with Crippen LogP contribution in [0.25, 0.3) is 11.0 Å². The third kappa shape index (κ3) is 2.23. The lowest BCUT2D eigenvalue weighted by atomic mass is 10.0. The molecule has 106 valence electrons. The molecule has 0 fully saturated rings. The van der Waals surface area contributed by atoms with E-state index in [2.05, 4.69) is 0 Å². The van der Waals surface area contributed by atoms with Crippen LogP contribution in [0.5, 0.6) is 0 Å². The third-order valence-electron chi connectivity index (χ3n) is 3.46. The molecule has 0 bridgehead atoms. The summed E-state index contributed by atoms with van der Waals surface area (Å²) in [4.78, 5) is 12.4. The largest absolute Gasteiger partial charge is 0.452 e. The minimum Gasteiger partial charge on any atom is -0.452 e. The fourth-order valence-electron chi connectivity index (χ4n) is 2.28. The van der Waals surface area contributed by atoms with Gasteiger partial charge in [-0.05, 0) is 37.1 Å². The van der Waals surface area contributed by atoms with Crippen LogP contribution in [0.2, 0.25) is 0 Å². The number of benzene rings is 2. The fraction of sp³-hybridized carbons (Fsp3) is 0.118. The van der Waals surface area contributed by atoms with Gasteiger partial charge < -0.3 is 4.42 Å². The first-order chi connectivity index (χ1) is 9.97. The summed E-state index contributed by atoms with van der Waals surface area (Å²) in [5.74, 6) is -2.11. The highest BCUT2D eigenvalue weighted by Gasteiger charge is 2.20. The number of carbonyl (C=O) groups excluding carboxylic acids is 1. The van der Waals surface area contributed by atoms with E-state index < -0.39 is 17.4 Å². The summed E-state index contributed by atoms with van der Waals surface area (Å²) in [6.45, 7) is 3.34. The average molecular weight is 286 g/mol. The molecule has 0 aliphatic heterocycles. The predicted octanol–water partition coefficient (Wildman–Crippen LogP) is 4.56. The first-order valence-electron chi connectivity index (χ1n) is 6.47. The Balaban J connectivity index is 2.12. The summed E-state index contributed by atoms with van der Waals surface area (Å²) >= 11 is 0. The Hall–Kier alpha value is -2.49. The van der Waals surface area contributed by atoms with Gasteiger partial charge in [-0.15, -0.1) is 0 Å². The molecule has 0 atom stereocenters. The Morgan fingerprint density at radius 3 is 2.48 bits per heavy atom. The molecule has 0 amide bonds. The van der Waals surface area contributed by atoms with E-state index >= 15 is 0 Å². The maximum Gasteiger partial charge on any atom is 0.231 e. The van der Waals surface area contributed by atoms with Gasteiger partial charge in [0.15, 0.2) is 5.76 Å². The molecule has 2 nitrogen and oxygen atoms in total. The fourth-order valence-corrected chi connectivity index (χ4v) is 2.28. The Bertz CT molecular complexity index is 863. The van der Waals surface area contributed by atoms with E-state index in [1.807, 2.05) is 25.1 Å². The molecule has 3 rings (SSSR count). The van der Waals surface area contributed by atoms with Crippen LogP contribution in [-0.2, 0) is 0 Å². The number of para-hydroxylation sites is 1. The van der Waals surface area contributed by atoms with Crippen molar-refractivity contribution < 1.29 is 18.0 Å². The Labute approximate surface area is 120 Å². The maximum absolute atomic E-state index is 13.8. The van der Waals surface area contributed by atoms with E-state index in [1.54, 1.807) is 6.07 Å². The van der Waals surface area contributed by atoms with Crippen molar-refractivity contribution in [2.24, 2.45) is 0 Å². The quantitative estimate of drug-likeness (QED) is 0.646. The first kappa shape index (κ1) is 13.5. The van der Waals surface area contributed by atoms with Crippen LogP contribution in [0, 0.1) is 25.5 Å². The van der Waals surface area contributed by atoms with Crippen molar-refractivity contribution in [3.8, 4) is 0 Å². The van der Waals surface area contributed by atoms with Crippen molar-refractivity contribution >= 4 is 16.8 Å². The molecule has 0 radical (unpaired) electrons. The van der Waals surface area contributed by atoms with E-state index in [9.17, 15) is 13.6 Å². The van der Waals surface area contributed by atoms with Crippen LogP contribution in [0.15, 0.2) is 40.8 Å². The van der Waals surface area contributed by atoms with Gasteiger partial charge >= 0.3 is 0 Å². The number of rotatable bonds is 2. The highest BCUT2D eigenvalue weighted by molar-refractivity contribution is 6.09. The molecule has 4 heteroatoms. The second kappa shape index (κ2) is 4.81. The van der Waals surface area contributed by atoms with E-state index in [4.69, 9.17) is 4.42 Å². The lowest BCUT2D eigenvalue weighted by Gasteiger charge is -2.03. The monoisotopic (exact) mass is 286 g/mol. The highest BCUT2D eigenvalue weighted by Crippen LogP contribution is 2.25. The SMILES string of the molecule is Cc1cc(C(=O)c2cc3cccc(C)c3o2)c(F)cc1F. The van der Waals surface area contributed by atoms with Gasteiger partial charge in [0.1, 0.15) is 17.2 Å². The summed E-state index contributed by atoms with van der Waals surface area (Å²) in [5, 5.41) is 0.776. The third-order valence-corrected chi connectivity index (χ3v) is 3.46. The van der Waals surface area contributed by atoms with Crippen molar-refractivity contribution in [3.05, 3.63) is 70.5 Å². The van der Waals surface area contributed by atoms with Gasteiger partial charge in [-0.1, -0.05) is 18.2 Å². The number of aryl methyl sites for hydroxylation is 2. The van der Waals surface area contributed by atoms with E-state index in [0.717, 1.165) is 17.0 Å². The zero-order chi connectivity index (χ0) is 15.1. The van der Waals surface area contributed by atoms with Crippen LogP contribution >= 0.6 is 0 Å². The number of halogens is 2. The molecule has 0 spiro atoms. The Kier molecular flexibility index (Phi) is 3.09. The second-order valence-corrected chi connectivity index (χ2v) is 5.01. The van der Waals surface area contributed by atoms with Gasteiger partial charge in [0.05, 0.1) is 5.56 Å². The van der Waals surface area contributed by atoms with Gasteiger partial charge in [0.2, 0.25) is 5.78 Å². The molecule has 0 aliphatic rings. The Morgan fingerprint density at radius 2 is 1.76 bits per heavy atom. The molecular weight excluding hydrogens is 274 g/mol. The lowest BCUT2D eigenvalue weighted by molar-refractivity contribution is 0.101. The van der Waals surface area contributed by atoms with Crippen molar-refractivity contribution in [2.45, 2.75) is 13.8 Å². The van der Waals surface area contributed by atoms with Crippen LogP contribution in [0.3, 0.4) is 0 Å². The molecule has 3 aromatic rings. The first-order valence-corrected chi connectivity index (χ1v) is 6.47. The molecular formula is C17H12F2O2. The van der Waals surface area contributed by atoms with E-state index in [-0.39, 0.29) is 16.9 Å². The smallest absolute Gasteiger partial charge is 0.231 e. The van der Waals surface area contributed by atoms with Crippen LogP contribution in [0.1, 0.15) is 27.2 Å².